The highest BCUT2D eigenvalue weighted by molar-refractivity contribution is 8.01. The van der Waals surface area contributed by atoms with Gasteiger partial charge in [-0.15, -0.1) is 11.3 Å². The molecule has 0 unspecified atom stereocenters. The van der Waals surface area contributed by atoms with Crippen LogP contribution < -0.4 is 10.2 Å². The van der Waals surface area contributed by atoms with Gasteiger partial charge in [-0.05, 0) is 18.4 Å². The van der Waals surface area contributed by atoms with Crippen molar-refractivity contribution in [1.82, 2.24) is 30.0 Å². The van der Waals surface area contributed by atoms with Crippen molar-refractivity contribution < 1.29 is 9.53 Å². The number of benzene rings is 1. The molecule has 33 heavy (non-hydrogen) atoms. The summed E-state index contributed by atoms with van der Waals surface area (Å²) in [5, 5.41) is 9.13. The Labute approximate surface area is 203 Å². The van der Waals surface area contributed by atoms with E-state index < -0.39 is 0 Å². The molecule has 0 radical (unpaired) electrons. The van der Waals surface area contributed by atoms with Gasteiger partial charge in [0.15, 0.2) is 15.1 Å². The minimum Gasteiger partial charge on any atom is -0.378 e. The lowest BCUT2D eigenvalue weighted by molar-refractivity contribution is -0.118. The van der Waals surface area contributed by atoms with Crippen molar-refractivity contribution in [3.05, 3.63) is 30.5 Å². The van der Waals surface area contributed by atoms with E-state index in [1.807, 2.05) is 41.4 Å². The predicted octanol–water partition coefficient (Wildman–Crippen LogP) is 2.90. The number of carbonyl (C=O) groups excluding carboxylic acids is 1. The Morgan fingerprint density at radius 3 is 2.88 bits per heavy atom. The zero-order valence-electron chi connectivity index (χ0n) is 18.1. The van der Waals surface area contributed by atoms with Gasteiger partial charge in [-0.2, -0.15) is 5.10 Å². The van der Waals surface area contributed by atoms with Crippen molar-refractivity contribution >= 4 is 67.8 Å². The van der Waals surface area contributed by atoms with Crippen LogP contribution in [0.3, 0.4) is 0 Å². The molecular weight excluding hydrogens is 478 g/mol. The Morgan fingerprint density at radius 1 is 1.21 bits per heavy atom. The molecule has 4 aromatic rings. The van der Waals surface area contributed by atoms with E-state index >= 15 is 0 Å². The number of anilines is 1. The third kappa shape index (κ3) is 5.08. The summed E-state index contributed by atoms with van der Waals surface area (Å²) < 4.78 is 9.35. The van der Waals surface area contributed by atoms with Crippen molar-refractivity contribution in [3.8, 4) is 0 Å². The second-order valence-electron chi connectivity index (χ2n) is 7.32. The second-order valence-corrected chi connectivity index (χ2v) is 10.4. The Hall–Kier alpha value is -2.41. The van der Waals surface area contributed by atoms with Crippen LogP contribution >= 0.6 is 34.9 Å². The molecule has 3 aromatic heterocycles. The minimum absolute atomic E-state index is 0.0239. The molecule has 1 aromatic carbocycles. The van der Waals surface area contributed by atoms with Crippen LogP contribution in [0, 0.1) is 0 Å². The van der Waals surface area contributed by atoms with Gasteiger partial charge in [0.05, 0.1) is 47.3 Å². The lowest BCUT2D eigenvalue weighted by Crippen LogP contribution is -2.37. The SMILES string of the molecule is CSc1nc(N2CCOCC2)c2cnn(CCNC(=O)CSc3nc4ccccc4s3)c2n1. The molecule has 1 amide bonds. The van der Waals surface area contributed by atoms with Crippen LogP contribution in [0.15, 0.2) is 40.0 Å². The number of nitrogens with zero attached hydrogens (tertiary/aromatic N) is 6. The van der Waals surface area contributed by atoms with Gasteiger partial charge in [-0.3, -0.25) is 4.79 Å². The van der Waals surface area contributed by atoms with Gasteiger partial charge in [0.25, 0.3) is 0 Å². The van der Waals surface area contributed by atoms with E-state index in [4.69, 9.17) is 9.72 Å². The summed E-state index contributed by atoms with van der Waals surface area (Å²) in [6.45, 7) is 3.99. The van der Waals surface area contributed by atoms with Gasteiger partial charge in [-0.25, -0.2) is 19.6 Å². The molecule has 9 nitrogen and oxygen atoms in total. The van der Waals surface area contributed by atoms with Crippen molar-refractivity contribution in [2.75, 3.05) is 49.8 Å². The van der Waals surface area contributed by atoms with Gasteiger partial charge in [0.2, 0.25) is 5.91 Å². The van der Waals surface area contributed by atoms with Crippen LogP contribution in [-0.4, -0.2) is 75.5 Å². The molecule has 12 heteroatoms. The number of para-hydroxylation sites is 1. The fourth-order valence-electron chi connectivity index (χ4n) is 3.58. The van der Waals surface area contributed by atoms with Crippen LogP contribution in [0.1, 0.15) is 0 Å². The van der Waals surface area contributed by atoms with Gasteiger partial charge < -0.3 is 15.0 Å². The van der Waals surface area contributed by atoms with Crippen molar-refractivity contribution in [3.63, 3.8) is 0 Å². The standard InChI is InChI=1S/C21H23N7O2S3/c1-31-20-25-18(27-8-10-30-11-9-27)14-12-23-28(19(14)26-20)7-6-22-17(29)13-32-21-24-15-4-2-3-5-16(15)33-21/h2-5,12H,6-11,13H2,1H3,(H,22,29). The minimum atomic E-state index is -0.0239. The molecule has 0 atom stereocenters. The monoisotopic (exact) mass is 501 g/mol. The maximum atomic E-state index is 12.4. The summed E-state index contributed by atoms with van der Waals surface area (Å²) in [5.41, 5.74) is 1.76. The highest BCUT2D eigenvalue weighted by Gasteiger charge is 2.20. The Kier molecular flexibility index (Phi) is 6.95. The van der Waals surface area contributed by atoms with Crippen LogP contribution in [0.2, 0.25) is 0 Å². The average Bonchev–Trinajstić information content (AvgIpc) is 3.46. The smallest absolute Gasteiger partial charge is 0.230 e. The summed E-state index contributed by atoms with van der Waals surface area (Å²) in [7, 11) is 0. The normalized spacial score (nSPS) is 14.3. The number of amides is 1. The first kappa shape index (κ1) is 22.4. The molecule has 5 rings (SSSR count). The molecule has 0 saturated carbocycles. The number of thiazole rings is 1. The quantitative estimate of drug-likeness (QED) is 0.289. The number of carbonyl (C=O) groups is 1. The first-order valence-electron chi connectivity index (χ1n) is 10.6. The first-order chi connectivity index (χ1) is 16.2. The number of morpholine rings is 1. The lowest BCUT2D eigenvalue weighted by Gasteiger charge is -2.28. The zero-order chi connectivity index (χ0) is 22.6. The number of rotatable bonds is 8. The summed E-state index contributed by atoms with van der Waals surface area (Å²) >= 11 is 4.58. The summed E-state index contributed by atoms with van der Waals surface area (Å²) in [6, 6.07) is 8.00. The molecule has 4 heterocycles. The molecule has 0 bridgehead atoms. The molecule has 1 aliphatic rings. The fourth-order valence-corrected chi connectivity index (χ4v) is 5.84. The van der Waals surface area contributed by atoms with Gasteiger partial charge in [0, 0.05) is 19.6 Å². The van der Waals surface area contributed by atoms with E-state index in [0.717, 1.165) is 44.5 Å². The van der Waals surface area contributed by atoms with Crippen molar-refractivity contribution in [2.24, 2.45) is 0 Å². The van der Waals surface area contributed by atoms with Crippen LogP contribution in [0.4, 0.5) is 5.82 Å². The number of hydrogen-bond acceptors (Lipinski definition) is 10. The zero-order valence-corrected chi connectivity index (χ0v) is 20.5. The molecule has 1 saturated heterocycles. The van der Waals surface area contributed by atoms with E-state index in [1.165, 1.54) is 23.5 Å². The van der Waals surface area contributed by atoms with E-state index in [-0.39, 0.29) is 5.91 Å². The van der Waals surface area contributed by atoms with Gasteiger partial charge in [0.1, 0.15) is 5.82 Å². The van der Waals surface area contributed by atoms with Crippen LogP contribution in [0.25, 0.3) is 21.3 Å². The molecule has 0 spiro atoms. The maximum absolute atomic E-state index is 12.4. The third-order valence-electron chi connectivity index (χ3n) is 5.20. The van der Waals surface area contributed by atoms with Gasteiger partial charge in [-0.1, -0.05) is 35.7 Å². The Morgan fingerprint density at radius 2 is 2.06 bits per heavy atom. The molecule has 1 fully saturated rings. The summed E-state index contributed by atoms with van der Waals surface area (Å²) in [6.07, 6.45) is 3.78. The Balaban J connectivity index is 1.20. The number of aromatic nitrogens is 5. The highest BCUT2D eigenvalue weighted by atomic mass is 32.2. The molecule has 1 N–H and O–H groups in total. The average molecular weight is 502 g/mol. The second kappa shape index (κ2) is 10.2. The molecule has 0 aliphatic carbocycles. The van der Waals surface area contributed by atoms with Gasteiger partial charge >= 0.3 is 0 Å². The topological polar surface area (TPSA) is 98.1 Å². The number of nitrogens with one attached hydrogen (secondary N) is 1. The van der Waals surface area contributed by atoms with Crippen molar-refractivity contribution in [1.29, 1.82) is 0 Å². The summed E-state index contributed by atoms with van der Waals surface area (Å²) in [5.74, 6) is 1.21. The van der Waals surface area contributed by atoms with Crippen LogP contribution in [-0.2, 0) is 16.1 Å². The van der Waals surface area contributed by atoms with E-state index in [2.05, 4.69) is 25.3 Å². The predicted molar refractivity (Wildman–Crippen MR) is 133 cm³/mol. The number of hydrogen-bond donors (Lipinski definition) is 1. The fraction of sp³-hybridized carbons (Fsp3) is 0.381. The summed E-state index contributed by atoms with van der Waals surface area (Å²) in [4.78, 5) is 28.5. The van der Waals surface area contributed by atoms with E-state index in [1.54, 1.807) is 11.3 Å². The molecule has 172 valence electrons. The Bertz CT molecular complexity index is 1240. The van der Waals surface area contributed by atoms with E-state index in [0.29, 0.717) is 37.2 Å². The molecule has 1 aliphatic heterocycles. The maximum Gasteiger partial charge on any atom is 0.230 e. The highest BCUT2D eigenvalue weighted by Crippen LogP contribution is 2.29. The van der Waals surface area contributed by atoms with Crippen molar-refractivity contribution in [2.45, 2.75) is 16.0 Å². The lowest BCUT2D eigenvalue weighted by atomic mass is 10.3. The number of ether oxygens (including phenoxy) is 1. The van der Waals surface area contributed by atoms with Crippen LogP contribution in [0.5, 0.6) is 0 Å². The molecular formula is C21H23N7O2S3. The first-order valence-corrected chi connectivity index (χ1v) is 13.6. The number of fused-ring (bicyclic) bond motifs is 2. The third-order valence-corrected chi connectivity index (χ3v) is 7.92. The number of thioether (sulfide) groups is 2. The largest absolute Gasteiger partial charge is 0.378 e. The van der Waals surface area contributed by atoms with E-state index in [9.17, 15) is 4.79 Å².